The standard InChI is InChI=1S/C21H18N2O6S/c1-3-29-21(25)18-19(24)17(12-13-4-8-15(9-5-13)23(26)27)30-20(18)22-14-6-10-16(28-2)11-7-14/h4-12,24H,3H2,1-2H3. The van der Waals surface area contributed by atoms with Crippen LogP contribution in [0.1, 0.15) is 12.5 Å². The minimum absolute atomic E-state index is 0.0224. The second kappa shape index (κ2) is 9.27. The van der Waals surface area contributed by atoms with Gasteiger partial charge >= 0.3 is 5.97 Å². The van der Waals surface area contributed by atoms with Crippen molar-refractivity contribution < 1.29 is 24.3 Å². The fourth-order valence-electron chi connectivity index (χ4n) is 2.61. The Morgan fingerprint density at radius 1 is 1.20 bits per heavy atom. The van der Waals surface area contributed by atoms with E-state index in [-0.39, 0.29) is 23.6 Å². The molecule has 0 saturated carbocycles. The number of aliphatic imine (C=N–C) groups is 1. The molecule has 0 unspecified atom stereocenters. The molecule has 0 saturated heterocycles. The summed E-state index contributed by atoms with van der Waals surface area (Å²) < 4.78 is 10.2. The maximum absolute atomic E-state index is 12.4. The number of hydrogen-bond donors (Lipinski definition) is 1. The third kappa shape index (κ3) is 4.69. The van der Waals surface area contributed by atoms with Gasteiger partial charge < -0.3 is 14.6 Å². The third-order valence-electron chi connectivity index (χ3n) is 4.07. The largest absolute Gasteiger partial charge is 0.506 e. The van der Waals surface area contributed by atoms with Crippen LogP contribution in [-0.4, -0.2) is 34.8 Å². The number of nitro benzene ring substituents is 1. The second-order valence-corrected chi connectivity index (χ2v) is 7.05. The Morgan fingerprint density at radius 3 is 2.43 bits per heavy atom. The number of thioether (sulfide) groups is 1. The van der Waals surface area contributed by atoms with Crippen LogP contribution in [0, 0.1) is 10.1 Å². The van der Waals surface area contributed by atoms with Crippen molar-refractivity contribution in [2.45, 2.75) is 6.92 Å². The minimum atomic E-state index is -0.679. The molecule has 154 valence electrons. The SMILES string of the molecule is CCOC(=O)C1=C(O)C(=Cc2ccc([N+](=O)[O-])cc2)SC1=Nc1ccc(OC)cc1. The van der Waals surface area contributed by atoms with Crippen molar-refractivity contribution in [2.75, 3.05) is 13.7 Å². The number of aliphatic hydroxyl groups excluding tert-OH is 1. The summed E-state index contributed by atoms with van der Waals surface area (Å²) in [7, 11) is 1.56. The molecule has 8 nitrogen and oxygen atoms in total. The minimum Gasteiger partial charge on any atom is -0.506 e. The quantitative estimate of drug-likeness (QED) is 0.401. The molecular formula is C21H18N2O6S. The molecule has 1 aliphatic rings. The van der Waals surface area contributed by atoms with Gasteiger partial charge in [-0.3, -0.25) is 10.1 Å². The average Bonchev–Trinajstić information content (AvgIpc) is 3.04. The Kier molecular flexibility index (Phi) is 6.53. The molecule has 0 fully saturated rings. The van der Waals surface area contributed by atoms with Crippen molar-refractivity contribution in [2.24, 2.45) is 4.99 Å². The highest BCUT2D eigenvalue weighted by Crippen LogP contribution is 2.40. The van der Waals surface area contributed by atoms with Crippen LogP contribution >= 0.6 is 11.8 Å². The van der Waals surface area contributed by atoms with Gasteiger partial charge in [-0.15, -0.1) is 0 Å². The van der Waals surface area contributed by atoms with Gasteiger partial charge in [0.15, 0.2) is 0 Å². The number of methoxy groups -OCH3 is 1. The Bertz CT molecular complexity index is 1060. The third-order valence-corrected chi connectivity index (χ3v) is 5.09. The molecule has 0 spiro atoms. The Morgan fingerprint density at radius 2 is 1.87 bits per heavy atom. The number of benzene rings is 2. The smallest absolute Gasteiger partial charge is 0.344 e. The van der Waals surface area contributed by atoms with Gasteiger partial charge in [-0.1, -0.05) is 11.8 Å². The number of rotatable bonds is 6. The van der Waals surface area contributed by atoms with E-state index < -0.39 is 10.9 Å². The zero-order chi connectivity index (χ0) is 21.7. The predicted molar refractivity (Wildman–Crippen MR) is 115 cm³/mol. The predicted octanol–water partition coefficient (Wildman–Crippen LogP) is 4.80. The number of ether oxygens (including phenoxy) is 2. The molecule has 0 bridgehead atoms. The van der Waals surface area contributed by atoms with Crippen LogP contribution in [0.3, 0.4) is 0 Å². The van der Waals surface area contributed by atoms with E-state index in [0.29, 0.717) is 26.9 Å². The molecule has 2 aromatic rings. The normalized spacial score (nSPS) is 16.2. The fraction of sp³-hybridized carbons (Fsp3) is 0.143. The van der Waals surface area contributed by atoms with Crippen molar-refractivity contribution in [3.05, 3.63) is 80.4 Å². The summed E-state index contributed by atoms with van der Waals surface area (Å²) in [6.07, 6.45) is 1.62. The summed E-state index contributed by atoms with van der Waals surface area (Å²) in [6, 6.07) is 12.8. The highest BCUT2D eigenvalue weighted by atomic mass is 32.2. The van der Waals surface area contributed by atoms with E-state index >= 15 is 0 Å². The van der Waals surface area contributed by atoms with Gasteiger partial charge in [0, 0.05) is 12.1 Å². The number of nitro groups is 1. The van der Waals surface area contributed by atoms with E-state index in [1.165, 1.54) is 12.1 Å². The van der Waals surface area contributed by atoms with Gasteiger partial charge in [-0.05, 0) is 55.0 Å². The Labute approximate surface area is 176 Å². The number of nitrogens with zero attached hydrogens (tertiary/aromatic N) is 2. The molecule has 1 heterocycles. The van der Waals surface area contributed by atoms with E-state index in [2.05, 4.69) is 4.99 Å². The number of non-ortho nitro benzene ring substituents is 1. The maximum Gasteiger partial charge on any atom is 0.344 e. The van der Waals surface area contributed by atoms with Crippen molar-refractivity contribution >= 4 is 40.2 Å². The van der Waals surface area contributed by atoms with E-state index in [9.17, 15) is 20.0 Å². The van der Waals surface area contributed by atoms with Crippen LogP contribution < -0.4 is 4.74 Å². The van der Waals surface area contributed by atoms with E-state index in [1.807, 2.05) is 0 Å². The number of carbonyl (C=O) groups excluding carboxylic acids is 1. The van der Waals surface area contributed by atoms with E-state index in [1.54, 1.807) is 56.5 Å². The molecule has 0 radical (unpaired) electrons. The van der Waals surface area contributed by atoms with Gasteiger partial charge in [-0.2, -0.15) is 0 Å². The lowest BCUT2D eigenvalue weighted by atomic mass is 10.1. The van der Waals surface area contributed by atoms with Gasteiger partial charge in [0.05, 0.1) is 29.2 Å². The topological polar surface area (TPSA) is 111 Å². The first kappa shape index (κ1) is 21.1. The lowest BCUT2D eigenvalue weighted by Crippen LogP contribution is -2.12. The Balaban J connectivity index is 1.98. The molecule has 0 atom stereocenters. The van der Waals surface area contributed by atoms with Crippen LogP contribution in [0.5, 0.6) is 5.75 Å². The first-order valence-electron chi connectivity index (χ1n) is 8.90. The molecule has 3 rings (SSSR count). The number of aliphatic hydroxyl groups is 1. The van der Waals surface area contributed by atoms with Gasteiger partial charge in [0.25, 0.3) is 5.69 Å². The van der Waals surface area contributed by atoms with Crippen molar-refractivity contribution in [1.82, 2.24) is 0 Å². The lowest BCUT2D eigenvalue weighted by molar-refractivity contribution is -0.384. The van der Waals surface area contributed by atoms with Crippen LogP contribution in [0.4, 0.5) is 11.4 Å². The number of esters is 1. The molecule has 0 aromatic heterocycles. The molecule has 30 heavy (non-hydrogen) atoms. The molecule has 0 aliphatic carbocycles. The van der Waals surface area contributed by atoms with E-state index in [0.717, 1.165) is 11.8 Å². The van der Waals surface area contributed by atoms with Crippen molar-refractivity contribution in [3.8, 4) is 5.75 Å². The highest BCUT2D eigenvalue weighted by molar-refractivity contribution is 8.18. The maximum atomic E-state index is 12.4. The molecular weight excluding hydrogens is 408 g/mol. The summed E-state index contributed by atoms with van der Waals surface area (Å²) in [5.41, 5.74) is 1.14. The summed E-state index contributed by atoms with van der Waals surface area (Å²) in [6.45, 7) is 1.82. The van der Waals surface area contributed by atoms with Crippen molar-refractivity contribution in [3.63, 3.8) is 0 Å². The summed E-state index contributed by atoms with van der Waals surface area (Å²) >= 11 is 1.11. The molecule has 1 N–H and O–H groups in total. The van der Waals surface area contributed by atoms with Gasteiger partial charge in [0.2, 0.25) is 0 Å². The van der Waals surface area contributed by atoms with E-state index in [4.69, 9.17) is 9.47 Å². The summed E-state index contributed by atoms with van der Waals surface area (Å²) in [5.74, 6) is -0.258. The highest BCUT2D eigenvalue weighted by Gasteiger charge is 2.33. The molecule has 9 heteroatoms. The Hall–Kier alpha value is -3.59. The first-order valence-corrected chi connectivity index (χ1v) is 9.72. The number of carbonyl (C=O) groups is 1. The monoisotopic (exact) mass is 426 g/mol. The molecule has 2 aromatic carbocycles. The summed E-state index contributed by atoms with van der Waals surface area (Å²) in [4.78, 5) is 27.6. The summed E-state index contributed by atoms with van der Waals surface area (Å²) in [5, 5.41) is 21.8. The van der Waals surface area contributed by atoms with Crippen LogP contribution in [-0.2, 0) is 9.53 Å². The molecule has 1 aliphatic heterocycles. The first-order chi connectivity index (χ1) is 14.4. The van der Waals surface area contributed by atoms with Gasteiger partial charge in [0.1, 0.15) is 22.1 Å². The lowest BCUT2D eigenvalue weighted by Gasteiger charge is -2.04. The van der Waals surface area contributed by atoms with Crippen LogP contribution in [0.2, 0.25) is 0 Å². The fourth-order valence-corrected chi connectivity index (χ4v) is 3.64. The number of hydrogen-bond acceptors (Lipinski definition) is 8. The van der Waals surface area contributed by atoms with Crippen LogP contribution in [0.25, 0.3) is 6.08 Å². The van der Waals surface area contributed by atoms with Gasteiger partial charge in [-0.25, -0.2) is 9.79 Å². The van der Waals surface area contributed by atoms with Crippen LogP contribution in [0.15, 0.2) is 69.8 Å². The zero-order valence-electron chi connectivity index (χ0n) is 16.2. The van der Waals surface area contributed by atoms with Crippen molar-refractivity contribution in [1.29, 1.82) is 0 Å². The average molecular weight is 426 g/mol. The molecule has 0 amide bonds. The zero-order valence-corrected chi connectivity index (χ0v) is 17.0. The second-order valence-electron chi connectivity index (χ2n) is 6.02.